The number of aromatic nitrogens is 2. The highest BCUT2D eigenvalue weighted by Crippen LogP contribution is 2.25. The van der Waals surface area contributed by atoms with Gasteiger partial charge in [0.05, 0.1) is 26.2 Å². The molecule has 7 nitrogen and oxygen atoms in total. The minimum atomic E-state index is -0.359. The number of carbonyl (C=O) groups excluding carboxylic acids is 1. The molecule has 0 fully saturated rings. The maximum atomic E-state index is 12.4. The molecule has 28 heavy (non-hydrogen) atoms. The number of methoxy groups -OCH3 is 2. The second-order valence-corrected chi connectivity index (χ2v) is 6.26. The summed E-state index contributed by atoms with van der Waals surface area (Å²) in [4.78, 5) is 29.0. The predicted molar refractivity (Wildman–Crippen MR) is 107 cm³/mol. The number of hydrogen-bond acceptors (Lipinski definition) is 5. The average Bonchev–Trinajstić information content (AvgIpc) is 2.69. The number of rotatable bonds is 6. The number of aryl methyl sites for hydroxylation is 1. The molecule has 0 spiro atoms. The molecule has 3 rings (SSSR count). The summed E-state index contributed by atoms with van der Waals surface area (Å²) in [5.74, 6) is 0.745. The van der Waals surface area contributed by atoms with Gasteiger partial charge in [-0.15, -0.1) is 0 Å². The summed E-state index contributed by atoms with van der Waals surface area (Å²) < 4.78 is 11.6. The number of anilines is 1. The van der Waals surface area contributed by atoms with E-state index in [1.54, 1.807) is 18.2 Å². The van der Waals surface area contributed by atoms with E-state index < -0.39 is 0 Å². The van der Waals surface area contributed by atoms with Crippen molar-refractivity contribution in [2.75, 3.05) is 19.5 Å². The Balaban J connectivity index is 1.74. The first-order valence-electron chi connectivity index (χ1n) is 8.65. The normalized spacial score (nSPS) is 10.4. The van der Waals surface area contributed by atoms with Crippen molar-refractivity contribution in [2.45, 2.75) is 13.5 Å². The van der Waals surface area contributed by atoms with Crippen LogP contribution in [0.15, 0.2) is 59.7 Å². The smallest absolute Gasteiger partial charge is 0.254 e. The number of nitrogens with one attached hydrogen (secondary N) is 1. The zero-order chi connectivity index (χ0) is 20.1. The Kier molecular flexibility index (Phi) is 5.74. The lowest BCUT2D eigenvalue weighted by Crippen LogP contribution is -2.27. The third-order valence-electron chi connectivity index (χ3n) is 4.18. The molecular formula is C21H21N3O4. The monoisotopic (exact) mass is 379 g/mol. The molecule has 0 saturated carbocycles. The van der Waals surface area contributed by atoms with Crippen molar-refractivity contribution in [1.29, 1.82) is 0 Å². The van der Waals surface area contributed by atoms with Crippen molar-refractivity contribution >= 4 is 11.6 Å². The van der Waals surface area contributed by atoms with E-state index in [1.807, 2.05) is 31.2 Å². The van der Waals surface area contributed by atoms with Gasteiger partial charge in [0.2, 0.25) is 5.91 Å². The van der Waals surface area contributed by atoms with E-state index in [4.69, 9.17) is 9.47 Å². The van der Waals surface area contributed by atoms with Gasteiger partial charge in [-0.25, -0.2) is 4.98 Å². The molecule has 7 heteroatoms. The number of amides is 1. The Morgan fingerprint density at radius 2 is 1.68 bits per heavy atom. The molecular weight excluding hydrogens is 358 g/mol. The lowest BCUT2D eigenvalue weighted by molar-refractivity contribution is -0.116. The van der Waals surface area contributed by atoms with E-state index in [2.05, 4.69) is 10.3 Å². The summed E-state index contributed by atoms with van der Waals surface area (Å²) in [5, 5.41) is 2.73. The molecule has 2 aromatic carbocycles. The van der Waals surface area contributed by atoms with Crippen LogP contribution in [0.3, 0.4) is 0 Å². The summed E-state index contributed by atoms with van der Waals surface area (Å²) in [6.07, 6.45) is 1.38. The first-order valence-corrected chi connectivity index (χ1v) is 8.65. The number of benzene rings is 2. The van der Waals surface area contributed by atoms with Gasteiger partial charge in [0.1, 0.15) is 18.0 Å². The van der Waals surface area contributed by atoms with Crippen molar-refractivity contribution in [3.05, 3.63) is 70.8 Å². The summed E-state index contributed by atoms with van der Waals surface area (Å²) >= 11 is 0. The molecule has 0 saturated heterocycles. The van der Waals surface area contributed by atoms with Crippen LogP contribution in [0.5, 0.6) is 11.5 Å². The largest absolute Gasteiger partial charge is 0.497 e. The van der Waals surface area contributed by atoms with E-state index in [1.165, 1.54) is 31.2 Å². The van der Waals surface area contributed by atoms with Crippen LogP contribution in [-0.4, -0.2) is 29.7 Å². The topological polar surface area (TPSA) is 82.5 Å². The minimum Gasteiger partial charge on any atom is -0.497 e. The molecule has 1 aromatic heterocycles. The fraction of sp³-hybridized carbons (Fsp3) is 0.190. The van der Waals surface area contributed by atoms with Crippen LogP contribution in [0.1, 0.15) is 5.56 Å². The number of hydrogen-bond donors (Lipinski definition) is 1. The molecule has 0 aliphatic rings. The van der Waals surface area contributed by atoms with Crippen LogP contribution in [-0.2, 0) is 11.3 Å². The Bertz CT molecular complexity index is 1020. The Labute approximate surface area is 162 Å². The van der Waals surface area contributed by atoms with Gasteiger partial charge >= 0.3 is 0 Å². The Morgan fingerprint density at radius 3 is 2.25 bits per heavy atom. The number of carbonyl (C=O) groups is 1. The molecule has 1 amide bonds. The SMILES string of the molecule is COc1cc(NC(=O)Cn2cnc(-c3ccc(C)cc3)cc2=O)cc(OC)c1. The van der Waals surface area contributed by atoms with Crippen LogP contribution in [0.25, 0.3) is 11.3 Å². The van der Waals surface area contributed by atoms with Gasteiger partial charge in [-0.1, -0.05) is 29.8 Å². The molecule has 0 unspecified atom stereocenters. The second kappa shape index (κ2) is 8.39. The summed E-state index contributed by atoms with van der Waals surface area (Å²) in [6, 6.07) is 14.2. The highest BCUT2D eigenvalue weighted by molar-refractivity contribution is 5.91. The lowest BCUT2D eigenvalue weighted by Gasteiger charge is -2.11. The van der Waals surface area contributed by atoms with Crippen molar-refractivity contribution in [3.8, 4) is 22.8 Å². The zero-order valence-electron chi connectivity index (χ0n) is 15.9. The van der Waals surface area contributed by atoms with Crippen LogP contribution in [0.2, 0.25) is 0 Å². The summed E-state index contributed by atoms with van der Waals surface area (Å²) in [5.41, 5.74) is 2.76. The zero-order valence-corrected chi connectivity index (χ0v) is 15.9. The molecule has 0 radical (unpaired) electrons. The third kappa shape index (κ3) is 4.56. The van der Waals surface area contributed by atoms with Crippen LogP contribution in [0, 0.1) is 6.92 Å². The van der Waals surface area contributed by atoms with Crippen LogP contribution < -0.4 is 20.3 Å². The van der Waals surface area contributed by atoms with Gasteiger partial charge in [-0.2, -0.15) is 0 Å². The summed E-state index contributed by atoms with van der Waals surface area (Å²) in [7, 11) is 3.06. The Hall–Kier alpha value is -3.61. The first kappa shape index (κ1) is 19.2. The van der Waals surface area contributed by atoms with E-state index in [0.717, 1.165) is 11.1 Å². The average molecular weight is 379 g/mol. The molecule has 1 N–H and O–H groups in total. The quantitative estimate of drug-likeness (QED) is 0.712. The molecule has 0 atom stereocenters. The van der Waals surface area contributed by atoms with Crippen molar-refractivity contribution in [3.63, 3.8) is 0 Å². The van der Waals surface area contributed by atoms with E-state index in [-0.39, 0.29) is 18.0 Å². The van der Waals surface area contributed by atoms with Crippen LogP contribution >= 0.6 is 0 Å². The molecule has 0 bridgehead atoms. The minimum absolute atomic E-state index is 0.153. The van der Waals surface area contributed by atoms with E-state index in [0.29, 0.717) is 22.9 Å². The third-order valence-corrected chi connectivity index (χ3v) is 4.18. The predicted octanol–water partition coefficient (Wildman–Crippen LogP) is 2.87. The van der Waals surface area contributed by atoms with Crippen LogP contribution in [0.4, 0.5) is 5.69 Å². The van der Waals surface area contributed by atoms with E-state index in [9.17, 15) is 9.59 Å². The van der Waals surface area contributed by atoms with Crippen molar-refractivity contribution in [1.82, 2.24) is 9.55 Å². The fourth-order valence-electron chi connectivity index (χ4n) is 2.66. The van der Waals surface area contributed by atoms with Gasteiger partial charge in [0.25, 0.3) is 5.56 Å². The molecule has 0 aliphatic heterocycles. The molecule has 1 heterocycles. The van der Waals surface area contributed by atoms with Gasteiger partial charge in [0.15, 0.2) is 0 Å². The van der Waals surface area contributed by atoms with Gasteiger partial charge < -0.3 is 14.8 Å². The van der Waals surface area contributed by atoms with E-state index >= 15 is 0 Å². The molecule has 3 aromatic rings. The summed E-state index contributed by atoms with van der Waals surface area (Å²) in [6.45, 7) is 1.84. The van der Waals surface area contributed by atoms with Crippen molar-refractivity contribution in [2.24, 2.45) is 0 Å². The highest BCUT2D eigenvalue weighted by Gasteiger charge is 2.09. The number of ether oxygens (including phenoxy) is 2. The van der Waals surface area contributed by atoms with Gasteiger partial charge in [-0.05, 0) is 6.92 Å². The van der Waals surface area contributed by atoms with Crippen molar-refractivity contribution < 1.29 is 14.3 Å². The Morgan fingerprint density at radius 1 is 1.04 bits per heavy atom. The highest BCUT2D eigenvalue weighted by atomic mass is 16.5. The lowest BCUT2D eigenvalue weighted by atomic mass is 10.1. The number of nitrogens with zero attached hydrogens (tertiary/aromatic N) is 2. The fourth-order valence-corrected chi connectivity index (χ4v) is 2.66. The second-order valence-electron chi connectivity index (χ2n) is 6.26. The van der Waals surface area contributed by atoms with Gasteiger partial charge in [-0.3, -0.25) is 14.2 Å². The molecule has 144 valence electrons. The maximum Gasteiger partial charge on any atom is 0.254 e. The van der Waals surface area contributed by atoms with Gasteiger partial charge in [0, 0.05) is 35.5 Å². The maximum absolute atomic E-state index is 12.4. The standard InChI is InChI=1S/C21H21N3O4/c1-14-4-6-15(7-5-14)19-11-21(26)24(13-22-19)12-20(25)23-16-8-17(27-2)10-18(9-16)28-3/h4-11,13H,12H2,1-3H3,(H,23,25). The molecule has 0 aliphatic carbocycles. The first-order chi connectivity index (χ1) is 13.5.